The minimum absolute atomic E-state index is 0.364. The van der Waals surface area contributed by atoms with E-state index in [0.29, 0.717) is 18.6 Å². The minimum Gasteiger partial charge on any atom is -0.389 e. The second kappa shape index (κ2) is 10.6. The summed E-state index contributed by atoms with van der Waals surface area (Å²) in [5.74, 6) is 0. The molecule has 3 nitrogen and oxygen atoms in total. The highest BCUT2D eigenvalue weighted by Crippen LogP contribution is 2.40. The molecule has 1 aliphatic rings. The third-order valence-electron chi connectivity index (χ3n) is 4.75. The van der Waals surface area contributed by atoms with Gasteiger partial charge in [0, 0.05) is 19.7 Å². The van der Waals surface area contributed by atoms with Crippen LogP contribution in [0.1, 0.15) is 71.6 Å². The highest BCUT2D eigenvalue weighted by atomic mass is 16.5. The Morgan fingerprint density at radius 1 is 1.15 bits per heavy atom. The molecule has 3 heteroatoms. The summed E-state index contributed by atoms with van der Waals surface area (Å²) in [6.45, 7) is 7.48. The van der Waals surface area contributed by atoms with Crippen LogP contribution in [0.4, 0.5) is 0 Å². The van der Waals surface area contributed by atoms with Crippen molar-refractivity contribution in [3.8, 4) is 0 Å². The van der Waals surface area contributed by atoms with Crippen LogP contribution in [0.5, 0.6) is 0 Å². The van der Waals surface area contributed by atoms with Gasteiger partial charge in [0.25, 0.3) is 0 Å². The molecule has 0 saturated heterocycles. The molecule has 1 aliphatic carbocycles. The van der Waals surface area contributed by atoms with Crippen molar-refractivity contribution in [2.45, 2.75) is 77.7 Å². The molecule has 1 fully saturated rings. The predicted molar refractivity (Wildman–Crippen MR) is 85.0 cm³/mol. The zero-order valence-corrected chi connectivity index (χ0v) is 13.6. The van der Waals surface area contributed by atoms with Gasteiger partial charge >= 0.3 is 0 Å². The van der Waals surface area contributed by atoms with E-state index in [4.69, 9.17) is 4.74 Å². The Kier molecular flexibility index (Phi) is 9.49. The monoisotopic (exact) mass is 285 g/mol. The molecule has 0 heterocycles. The zero-order chi connectivity index (χ0) is 14.7. The van der Waals surface area contributed by atoms with Gasteiger partial charge in [-0.15, -0.1) is 0 Å². The molecule has 2 N–H and O–H groups in total. The van der Waals surface area contributed by atoms with Crippen molar-refractivity contribution in [3.63, 3.8) is 0 Å². The van der Waals surface area contributed by atoms with Crippen LogP contribution >= 0.6 is 0 Å². The van der Waals surface area contributed by atoms with Gasteiger partial charge in [0.05, 0.1) is 12.7 Å². The molecule has 1 saturated carbocycles. The van der Waals surface area contributed by atoms with E-state index in [2.05, 4.69) is 19.2 Å². The molecule has 0 bridgehead atoms. The quantitative estimate of drug-likeness (QED) is 0.539. The van der Waals surface area contributed by atoms with Gasteiger partial charge in [-0.25, -0.2) is 0 Å². The summed E-state index contributed by atoms with van der Waals surface area (Å²) in [7, 11) is 0. The van der Waals surface area contributed by atoms with Gasteiger partial charge in [0.2, 0.25) is 0 Å². The lowest BCUT2D eigenvalue weighted by Crippen LogP contribution is -2.37. The van der Waals surface area contributed by atoms with Crippen LogP contribution < -0.4 is 5.32 Å². The molecular formula is C17H35NO2. The molecule has 0 aromatic rings. The van der Waals surface area contributed by atoms with Crippen molar-refractivity contribution >= 4 is 0 Å². The first-order chi connectivity index (χ1) is 9.72. The highest BCUT2D eigenvalue weighted by Gasteiger charge is 2.31. The highest BCUT2D eigenvalue weighted by molar-refractivity contribution is 4.85. The second-order valence-electron chi connectivity index (χ2n) is 6.48. The smallest absolute Gasteiger partial charge is 0.0897 e. The van der Waals surface area contributed by atoms with Crippen molar-refractivity contribution < 1.29 is 9.84 Å². The average molecular weight is 285 g/mol. The fraction of sp³-hybridized carbons (Fsp3) is 1.00. The number of rotatable bonds is 12. The molecule has 0 aromatic heterocycles. The Balaban J connectivity index is 1.98. The van der Waals surface area contributed by atoms with Crippen LogP contribution in [0.2, 0.25) is 0 Å². The molecule has 0 spiro atoms. The molecule has 20 heavy (non-hydrogen) atoms. The first-order valence-electron chi connectivity index (χ1n) is 8.69. The maximum Gasteiger partial charge on any atom is 0.0897 e. The molecule has 0 aromatic carbocycles. The second-order valence-corrected chi connectivity index (χ2v) is 6.48. The number of ether oxygens (including phenoxy) is 1. The van der Waals surface area contributed by atoms with E-state index in [1.807, 2.05) is 0 Å². The van der Waals surface area contributed by atoms with Gasteiger partial charge in [-0.3, -0.25) is 0 Å². The van der Waals surface area contributed by atoms with Crippen LogP contribution in [0, 0.1) is 5.41 Å². The number of hydrogen-bond acceptors (Lipinski definition) is 3. The Morgan fingerprint density at radius 3 is 2.55 bits per heavy atom. The van der Waals surface area contributed by atoms with Gasteiger partial charge in [-0.1, -0.05) is 46.0 Å². The standard InChI is InChI=1S/C17H35NO2/c1-3-5-6-9-12-20-14-16(19)13-18-15-17(4-2)10-7-8-11-17/h16,18-19H,3-15H2,1-2H3. The lowest BCUT2D eigenvalue weighted by Gasteiger charge is -2.28. The maximum atomic E-state index is 9.89. The van der Waals surface area contributed by atoms with Crippen LogP contribution in [-0.4, -0.2) is 37.5 Å². The first-order valence-corrected chi connectivity index (χ1v) is 8.69. The summed E-state index contributed by atoms with van der Waals surface area (Å²) in [6.07, 6.45) is 11.2. The van der Waals surface area contributed by atoms with Gasteiger partial charge < -0.3 is 15.2 Å². The average Bonchev–Trinajstić information content (AvgIpc) is 2.92. The zero-order valence-electron chi connectivity index (χ0n) is 13.6. The van der Waals surface area contributed by atoms with Gasteiger partial charge in [0.1, 0.15) is 0 Å². The lowest BCUT2D eigenvalue weighted by molar-refractivity contribution is 0.0340. The SMILES string of the molecule is CCCCCCOCC(O)CNCC1(CC)CCCC1. The van der Waals surface area contributed by atoms with Gasteiger partial charge in [-0.2, -0.15) is 0 Å². The third kappa shape index (κ3) is 7.05. The number of unbranched alkanes of at least 4 members (excludes halogenated alkanes) is 3. The first kappa shape index (κ1) is 17.9. The van der Waals surface area contributed by atoms with E-state index in [1.165, 1.54) is 51.4 Å². The van der Waals surface area contributed by atoms with E-state index in [0.717, 1.165) is 19.6 Å². The number of hydrogen-bond donors (Lipinski definition) is 2. The number of aliphatic hydroxyl groups excluding tert-OH is 1. The summed E-state index contributed by atoms with van der Waals surface area (Å²) < 4.78 is 5.53. The summed E-state index contributed by atoms with van der Waals surface area (Å²) in [6, 6.07) is 0. The summed E-state index contributed by atoms with van der Waals surface area (Å²) >= 11 is 0. The van der Waals surface area contributed by atoms with Crippen LogP contribution in [0.15, 0.2) is 0 Å². The Labute approximate surface area is 125 Å². The number of nitrogens with one attached hydrogen (secondary N) is 1. The summed E-state index contributed by atoms with van der Waals surface area (Å²) in [4.78, 5) is 0. The Morgan fingerprint density at radius 2 is 1.90 bits per heavy atom. The molecule has 1 rings (SSSR count). The van der Waals surface area contributed by atoms with E-state index in [1.54, 1.807) is 0 Å². The number of aliphatic hydroxyl groups is 1. The Hall–Kier alpha value is -0.120. The molecule has 0 radical (unpaired) electrons. The molecule has 0 amide bonds. The van der Waals surface area contributed by atoms with Crippen molar-refractivity contribution in [2.24, 2.45) is 5.41 Å². The molecular weight excluding hydrogens is 250 g/mol. The summed E-state index contributed by atoms with van der Waals surface area (Å²) in [5.41, 5.74) is 0.501. The Bertz CT molecular complexity index is 227. The van der Waals surface area contributed by atoms with Crippen LogP contribution in [0.25, 0.3) is 0 Å². The van der Waals surface area contributed by atoms with Crippen molar-refractivity contribution in [1.82, 2.24) is 5.32 Å². The van der Waals surface area contributed by atoms with E-state index in [-0.39, 0.29) is 6.10 Å². The maximum absolute atomic E-state index is 9.89. The largest absolute Gasteiger partial charge is 0.389 e. The molecule has 0 aliphatic heterocycles. The fourth-order valence-corrected chi connectivity index (χ4v) is 3.19. The van der Waals surface area contributed by atoms with E-state index in [9.17, 15) is 5.11 Å². The molecule has 1 atom stereocenters. The normalized spacial score (nSPS) is 19.4. The van der Waals surface area contributed by atoms with Gasteiger partial charge in [0.15, 0.2) is 0 Å². The van der Waals surface area contributed by atoms with Crippen molar-refractivity contribution in [2.75, 3.05) is 26.3 Å². The van der Waals surface area contributed by atoms with Crippen molar-refractivity contribution in [1.29, 1.82) is 0 Å². The van der Waals surface area contributed by atoms with E-state index < -0.39 is 0 Å². The fourth-order valence-electron chi connectivity index (χ4n) is 3.19. The lowest BCUT2D eigenvalue weighted by atomic mass is 9.83. The predicted octanol–water partition coefficient (Wildman–Crippen LogP) is 3.50. The topological polar surface area (TPSA) is 41.5 Å². The summed E-state index contributed by atoms with van der Waals surface area (Å²) in [5, 5.41) is 13.3. The van der Waals surface area contributed by atoms with Crippen LogP contribution in [-0.2, 0) is 4.74 Å². The third-order valence-corrected chi connectivity index (χ3v) is 4.75. The molecule has 120 valence electrons. The van der Waals surface area contributed by atoms with Crippen molar-refractivity contribution in [3.05, 3.63) is 0 Å². The minimum atomic E-state index is -0.364. The molecule has 1 unspecified atom stereocenters. The van der Waals surface area contributed by atoms with Crippen LogP contribution in [0.3, 0.4) is 0 Å². The van der Waals surface area contributed by atoms with E-state index >= 15 is 0 Å². The van der Waals surface area contributed by atoms with Gasteiger partial charge in [-0.05, 0) is 31.1 Å².